The number of sulfonamides is 1. The van der Waals surface area contributed by atoms with Crippen LogP contribution in [0.1, 0.15) is 48.5 Å². The number of nitrogens with zero attached hydrogens (tertiary/aromatic N) is 2. The highest BCUT2D eigenvalue weighted by Gasteiger charge is 2.29. The number of hydrogen-bond donors (Lipinski definition) is 1. The van der Waals surface area contributed by atoms with Crippen molar-refractivity contribution in [3.05, 3.63) is 65.7 Å². The molecule has 32 heavy (non-hydrogen) atoms. The Labute approximate surface area is 191 Å². The van der Waals surface area contributed by atoms with Crippen LogP contribution in [0.5, 0.6) is 0 Å². The molecule has 0 radical (unpaired) electrons. The third-order valence-corrected chi connectivity index (χ3v) is 8.64. The molecule has 172 valence electrons. The van der Waals surface area contributed by atoms with E-state index < -0.39 is 10.0 Å². The van der Waals surface area contributed by atoms with E-state index in [9.17, 15) is 13.2 Å². The fourth-order valence-electron chi connectivity index (χ4n) is 4.70. The fourth-order valence-corrected chi connectivity index (χ4v) is 6.17. The van der Waals surface area contributed by atoms with Gasteiger partial charge in [-0.3, -0.25) is 9.69 Å². The fraction of sp³-hybridized carbons (Fsp3) is 0.480. The van der Waals surface area contributed by atoms with Crippen LogP contribution < -0.4 is 5.32 Å². The number of carbonyl (C=O) groups is 1. The maximum atomic E-state index is 13.2. The first kappa shape index (κ1) is 23.0. The normalized spacial score (nSPS) is 23.0. The number of hydrogen-bond acceptors (Lipinski definition) is 4. The average molecular weight is 456 g/mol. The molecular formula is C25H33N3O3S. The lowest BCUT2D eigenvalue weighted by atomic mass is 9.86. The van der Waals surface area contributed by atoms with Gasteiger partial charge in [0.25, 0.3) is 5.91 Å². The summed E-state index contributed by atoms with van der Waals surface area (Å²) in [5.41, 5.74) is 1.64. The molecule has 0 spiro atoms. The van der Waals surface area contributed by atoms with E-state index in [1.165, 1.54) is 22.4 Å². The molecule has 0 bridgehead atoms. The highest BCUT2D eigenvalue weighted by Crippen LogP contribution is 2.25. The van der Waals surface area contributed by atoms with Gasteiger partial charge in [-0.05, 0) is 42.5 Å². The van der Waals surface area contributed by atoms with Crippen LogP contribution in [-0.4, -0.2) is 55.8 Å². The Hall–Kier alpha value is -2.22. The summed E-state index contributed by atoms with van der Waals surface area (Å²) in [5, 5.41) is 3.12. The van der Waals surface area contributed by atoms with E-state index in [1.807, 2.05) is 18.2 Å². The maximum Gasteiger partial charge on any atom is 0.251 e. The Kier molecular flexibility index (Phi) is 7.28. The molecule has 7 heteroatoms. The summed E-state index contributed by atoms with van der Waals surface area (Å²) in [5.74, 6) is 0.264. The molecule has 6 nitrogen and oxygen atoms in total. The van der Waals surface area contributed by atoms with Crippen molar-refractivity contribution in [3.63, 3.8) is 0 Å². The second kappa shape index (κ2) is 10.1. The smallest absolute Gasteiger partial charge is 0.251 e. The van der Waals surface area contributed by atoms with Crippen molar-refractivity contribution in [2.45, 2.75) is 50.1 Å². The van der Waals surface area contributed by atoms with Crippen LogP contribution in [0.2, 0.25) is 0 Å². The van der Waals surface area contributed by atoms with Gasteiger partial charge in [0, 0.05) is 44.3 Å². The molecule has 2 aromatic carbocycles. The van der Waals surface area contributed by atoms with Crippen LogP contribution in [0, 0.1) is 5.92 Å². The minimum absolute atomic E-state index is 0.161. The topological polar surface area (TPSA) is 69.7 Å². The van der Waals surface area contributed by atoms with Gasteiger partial charge in [-0.15, -0.1) is 0 Å². The van der Waals surface area contributed by atoms with E-state index in [1.54, 1.807) is 18.2 Å². The summed E-state index contributed by atoms with van der Waals surface area (Å²) in [7, 11) is -3.63. The second-order valence-corrected chi connectivity index (χ2v) is 11.0. The van der Waals surface area contributed by atoms with Crippen molar-refractivity contribution in [2.24, 2.45) is 5.92 Å². The van der Waals surface area contributed by atoms with Crippen molar-refractivity contribution in [1.29, 1.82) is 0 Å². The quantitative estimate of drug-likeness (QED) is 0.724. The van der Waals surface area contributed by atoms with E-state index >= 15 is 0 Å². The minimum Gasteiger partial charge on any atom is -0.349 e. The first-order chi connectivity index (χ1) is 15.4. The SMILES string of the molecule is C[C@H]1CCCC[C@H]1NC(=O)c1cccc(S(=O)(=O)N2CCN(Cc3ccccc3)CC2)c1. The van der Waals surface area contributed by atoms with Crippen LogP contribution in [0.15, 0.2) is 59.5 Å². The highest BCUT2D eigenvalue weighted by molar-refractivity contribution is 7.89. The summed E-state index contributed by atoms with van der Waals surface area (Å²) in [6.45, 7) is 5.27. The van der Waals surface area contributed by atoms with E-state index in [-0.39, 0.29) is 16.8 Å². The van der Waals surface area contributed by atoms with E-state index in [4.69, 9.17) is 0 Å². The number of amides is 1. The first-order valence-corrected chi connectivity index (χ1v) is 13.0. The first-order valence-electron chi connectivity index (χ1n) is 11.6. The molecule has 2 fully saturated rings. The Bertz CT molecular complexity index is 1020. The third kappa shape index (κ3) is 5.39. The lowest BCUT2D eigenvalue weighted by Gasteiger charge is -2.34. The van der Waals surface area contributed by atoms with Gasteiger partial charge in [-0.25, -0.2) is 8.42 Å². The van der Waals surface area contributed by atoms with Crippen LogP contribution >= 0.6 is 0 Å². The zero-order valence-corrected chi connectivity index (χ0v) is 19.6. The Morgan fingerprint density at radius 3 is 2.41 bits per heavy atom. The molecule has 1 amide bonds. The molecule has 4 rings (SSSR count). The number of benzene rings is 2. The van der Waals surface area contributed by atoms with Gasteiger partial charge in [0.05, 0.1) is 4.90 Å². The highest BCUT2D eigenvalue weighted by atomic mass is 32.2. The summed E-state index contributed by atoms with van der Waals surface area (Å²) < 4.78 is 28.0. The number of nitrogens with one attached hydrogen (secondary N) is 1. The third-order valence-electron chi connectivity index (χ3n) is 6.74. The van der Waals surface area contributed by atoms with Gasteiger partial charge in [0.2, 0.25) is 10.0 Å². The average Bonchev–Trinajstić information content (AvgIpc) is 2.82. The van der Waals surface area contributed by atoms with Crippen LogP contribution in [-0.2, 0) is 16.6 Å². The summed E-state index contributed by atoms with van der Waals surface area (Å²) >= 11 is 0. The van der Waals surface area contributed by atoms with Gasteiger partial charge in [0.15, 0.2) is 0 Å². The van der Waals surface area contributed by atoms with Gasteiger partial charge < -0.3 is 5.32 Å². The predicted molar refractivity (Wildman–Crippen MR) is 126 cm³/mol. The summed E-state index contributed by atoms with van der Waals surface area (Å²) in [4.78, 5) is 15.3. The van der Waals surface area contributed by atoms with Gasteiger partial charge in [-0.2, -0.15) is 4.31 Å². The summed E-state index contributed by atoms with van der Waals surface area (Å²) in [6, 6.07) is 16.9. The van der Waals surface area contributed by atoms with Crippen LogP contribution in [0.25, 0.3) is 0 Å². The van der Waals surface area contributed by atoms with E-state index in [0.29, 0.717) is 37.7 Å². The van der Waals surface area contributed by atoms with Crippen LogP contribution in [0.4, 0.5) is 0 Å². The molecule has 0 aromatic heterocycles. The Morgan fingerprint density at radius 1 is 0.969 bits per heavy atom. The van der Waals surface area contributed by atoms with Gasteiger partial charge in [-0.1, -0.05) is 56.2 Å². The predicted octanol–water partition coefficient (Wildman–Crippen LogP) is 3.50. The number of carbonyl (C=O) groups excluding carboxylic acids is 1. The van der Waals surface area contributed by atoms with Crippen molar-refractivity contribution in [2.75, 3.05) is 26.2 Å². The zero-order chi connectivity index (χ0) is 22.6. The molecule has 1 heterocycles. The molecule has 1 saturated heterocycles. The second-order valence-electron chi connectivity index (χ2n) is 9.04. The van der Waals surface area contributed by atoms with E-state index in [2.05, 4.69) is 29.3 Å². The molecule has 2 atom stereocenters. The molecule has 2 aliphatic rings. The standard InChI is InChI=1S/C25H33N3O3S/c1-20-8-5-6-13-24(20)26-25(29)22-11-7-12-23(18-22)32(30,31)28-16-14-27(15-17-28)19-21-9-3-2-4-10-21/h2-4,7,9-12,18,20,24H,5-6,8,13-17,19H2,1H3,(H,26,29)/t20-,24+/m0/s1. The minimum atomic E-state index is -3.63. The van der Waals surface area contributed by atoms with Crippen molar-refractivity contribution >= 4 is 15.9 Å². The summed E-state index contributed by atoms with van der Waals surface area (Å²) in [6.07, 6.45) is 4.44. The molecule has 1 saturated carbocycles. The monoisotopic (exact) mass is 455 g/mol. The largest absolute Gasteiger partial charge is 0.349 e. The van der Waals surface area contributed by atoms with Crippen molar-refractivity contribution in [1.82, 2.24) is 14.5 Å². The Morgan fingerprint density at radius 2 is 1.69 bits per heavy atom. The molecule has 1 aliphatic heterocycles. The van der Waals surface area contributed by atoms with Gasteiger partial charge in [0.1, 0.15) is 0 Å². The molecule has 1 aliphatic carbocycles. The lowest BCUT2D eigenvalue weighted by Crippen LogP contribution is -2.48. The molecule has 0 unspecified atom stereocenters. The Balaban J connectivity index is 1.39. The number of rotatable bonds is 6. The molecule has 1 N–H and O–H groups in total. The lowest BCUT2D eigenvalue weighted by molar-refractivity contribution is 0.0910. The van der Waals surface area contributed by atoms with Crippen molar-refractivity contribution < 1.29 is 13.2 Å². The number of piperazine rings is 1. The van der Waals surface area contributed by atoms with E-state index in [0.717, 1.165) is 25.8 Å². The maximum absolute atomic E-state index is 13.2. The van der Waals surface area contributed by atoms with Gasteiger partial charge >= 0.3 is 0 Å². The van der Waals surface area contributed by atoms with Crippen LogP contribution in [0.3, 0.4) is 0 Å². The zero-order valence-electron chi connectivity index (χ0n) is 18.7. The molecular weight excluding hydrogens is 422 g/mol. The van der Waals surface area contributed by atoms with Crippen molar-refractivity contribution in [3.8, 4) is 0 Å². The molecule has 2 aromatic rings.